The first-order valence-corrected chi connectivity index (χ1v) is 10.5. The van der Waals surface area contributed by atoms with Crippen LogP contribution >= 0.6 is 11.6 Å². The van der Waals surface area contributed by atoms with Crippen LogP contribution < -0.4 is 10.3 Å². The second kappa shape index (κ2) is 8.32. The zero-order chi connectivity index (χ0) is 22.1. The number of benzene rings is 3. The van der Waals surface area contributed by atoms with Gasteiger partial charge in [-0.2, -0.15) is 4.98 Å². The molecule has 0 fully saturated rings. The van der Waals surface area contributed by atoms with Crippen molar-refractivity contribution in [3.05, 3.63) is 94.4 Å². The highest BCUT2D eigenvalue weighted by Crippen LogP contribution is 2.32. The van der Waals surface area contributed by atoms with E-state index in [-0.39, 0.29) is 5.56 Å². The Morgan fingerprint density at radius 3 is 2.44 bits per heavy atom. The molecule has 158 valence electrons. The van der Waals surface area contributed by atoms with Crippen LogP contribution in [0.2, 0.25) is 5.02 Å². The van der Waals surface area contributed by atoms with E-state index < -0.39 is 0 Å². The Hall–Kier alpha value is -3.90. The summed E-state index contributed by atoms with van der Waals surface area (Å²) in [5, 5.41) is 6.06. The monoisotopic (exact) mass is 443 g/mol. The molecule has 2 heterocycles. The van der Waals surface area contributed by atoms with E-state index in [9.17, 15) is 4.79 Å². The predicted molar refractivity (Wildman–Crippen MR) is 124 cm³/mol. The van der Waals surface area contributed by atoms with Crippen molar-refractivity contribution in [3.63, 3.8) is 0 Å². The highest BCUT2D eigenvalue weighted by Gasteiger charge is 2.18. The van der Waals surface area contributed by atoms with Crippen LogP contribution in [0.3, 0.4) is 0 Å². The van der Waals surface area contributed by atoms with Crippen LogP contribution in [0, 0.1) is 0 Å². The molecule has 0 saturated carbocycles. The Morgan fingerprint density at radius 1 is 0.938 bits per heavy atom. The maximum absolute atomic E-state index is 13.2. The Labute approximate surface area is 188 Å². The van der Waals surface area contributed by atoms with Gasteiger partial charge in [-0.25, -0.2) is 0 Å². The standard InChI is InChI=1S/C25H18ClN3O3/c1-2-31-22-10-6-5-9-20(22)23-27-24(32-28-23)21-15-29(17-13-11-16(26)12-14-17)25(30)19-8-4-3-7-18(19)21/h3-15H,2H2,1H3. The summed E-state index contributed by atoms with van der Waals surface area (Å²) in [4.78, 5) is 17.8. The fourth-order valence-corrected chi connectivity index (χ4v) is 3.76. The number of rotatable bonds is 5. The van der Waals surface area contributed by atoms with Crippen molar-refractivity contribution >= 4 is 22.4 Å². The lowest BCUT2D eigenvalue weighted by Gasteiger charge is -2.10. The van der Waals surface area contributed by atoms with Crippen molar-refractivity contribution < 1.29 is 9.26 Å². The predicted octanol–water partition coefficient (Wildman–Crippen LogP) is 5.76. The molecule has 0 radical (unpaired) electrons. The third-order valence-electron chi connectivity index (χ3n) is 5.11. The van der Waals surface area contributed by atoms with Gasteiger partial charge in [0.2, 0.25) is 5.82 Å². The Morgan fingerprint density at radius 2 is 1.66 bits per heavy atom. The normalized spacial score (nSPS) is 11.1. The van der Waals surface area contributed by atoms with Crippen molar-refractivity contribution in [3.8, 4) is 34.3 Å². The Bertz CT molecular complexity index is 1470. The highest BCUT2D eigenvalue weighted by molar-refractivity contribution is 6.30. The van der Waals surface area contributed by atoms with Gasteiger partial charge in [-0.1, -0.05) is 47.1 Å². The number of fused-ring (bicyclic) bond motifs is 1. The van der Waals surface area contributed by atoms with E-state index in [1.54, 1.807) is 41.1 Å². The molecule has 32 heavy (non-hydrogen) atoms. The number of hydrogen-bond donors (Lipinski definition) is 0. The third kappa shape index (κ3) is 3.55. The summed E-state index contributed by atoms with van der Waals surface area (Å²) in [6.45, 7) is 2.45. The van der Waals surface area contributed by atoms with E-state index >= 15 is 0 Å². The molecule has 0 N–H and O–H groups in total. The van der Waals surface area contributed by atoms with Gasteiger partial charge in [-0.3, -0.25) is 9.36 Å². The molecular weight excluding hydrogens is 426 g/mol. The van der Waals surface area contributed by atoms with Gasteiger partial charge in [0, 0.05) is 27.7 Å². The Kier molecular flexibility index (Phi) is 5.21. The van der Waals surface area contributed by atoms with Gasteiger partial charge < -0.3 is 9.26 Å². The molecule has 6 nitrogen and oxygen atoms in total. The van der Waals surface area contributed by atoms with Gasteiger partial charge in [0.15, 0.2) is 0 Å². The minimum Gasteiger partial charge on any atom is -0.493 e. The van der Waals surface area contributed by atoms with E-state index in [2.05, 4.69) is 10.1 Å². The average Bonchev–Trinajstić information content (AvgIpc) is 3.31. The van der Waals surface area contributed by atoms with E-state index in [0.29, 0.717) is 45.7 Å². The number of halogens is 1. The Balaban J connectivity index is 1.70. The van der Waals surface area contributed by atoms with Gasteiger partial charge >= 0.3 is 0 Å². The second-order valence-electron chi connectivity index (χ2n) is 7.09. The molecule has 0 aliphatic heterocycles. The largest absolute Gasteiger partial charge is 0.493 e. The van der Waals surface area contributed by atoms with Crippen LogP contribution in [0.4, 0.5) is 0 Å². The van der Waals surface area contributed by atoms with Crippen molar-refractivity contribution in [2.75, 3.05) is 6.61 Å². The molecule has 0 aliphatic rings. The van der Waals surface area contributed by atoms with Crippen molar-refractivity contribution in [1.29, 1.82) is 0 Å². The van der Waals surface area contributed by atoms with Gasteiger partial charge in [0.1, 0.15) is 5.75 Å². The molecule has 5 aromatic rings. The van der Waals surface area contributed by atoms with Crippen LogP contribution in [0.1, 0.15) is 6.92 Å². The van der Waals surface area contributed by atoms with Crippen LogP contribution in [0.15, 0.2) is 88.3 Å². The molecular formula is C25H18ClN3O3. The fraction of sp³-hybridized carbons (Fsp3) is 0.0800. The zero-order valence-electron chi connectivity index (χ0n) is 17.2. The molecule has 5 rings (SSSR count). The maximum atomic E-state index is 13.2. The SMILES string of the molecule is CCOc1ccccc1-c1noc(-c2cn(-c3ccc(Cl)cc3)c(=O)c3ccccc23)n1. The van der Waals surface area contributed by atoms with Gasteiger partial charge in [-0.05, 0) is 49.4 Å². The molecule has 0 saturated heterocycles. The maximum Gasteiger partial charge on any atom is 0.262 e. The summed E-state index contributed by atoms with van der Waals surface area (Å²) in [6.07, 6.45) is 1.72. The molecule has 0 amide bonds. The van der Waals surface area contributed by atoms with E-state index in [0.717, 1.165) is 10.9 Å². The summed E-state index contributed by atoms with van der Waals surface area (Å²) in [5.74, 6) is 1.40. The quantitative estimate of drug-likeness (QED) is 0.345. The lowest BCUT2D eigenvalue weighted by atomic mass is 10.1. The lowest BCUT2D eigenvalue weighted by Crippen LogP contribution is -2.18. The third-order valence-corrected chi connectivity index (χ3v) is 5.37. The topological polar surface area (TPSA) is 70.2 Å². The minimum absolute atomic E-state index is 0.145. The van der Waals surface area contributed by atoms with E-state index in [1.165, 1.54) is 0 Å². The van der Waals surface area contributed by atoms with Crippen molar-refractivity contribution in [2.45, 2.75) is 6.92 Å². The first kappa shape index (κ1) is 20.0. The molecule has 0 unspecified atom stereocenters. The lowest BCUT2D eigenvalue weighted by molar-refractivity contribution is 0.341. The van der Waals surface area contributed by atoms with Crippen LogP contribution in [0.5, 0.6) is 5.75 Å². The number of pyridine rings is 1. The molecule has 3 aromatic carbocycles. The minimum atomic E-state index is -0.145. The molecule has 7 heteroatoms. The number of hydrogen-bond acceptors (Lipinski definition) is 5. The summed E-state index contributed by atoms with van der Waals surface area (Å²) >= 11 is 6.03. The number of para-hydroxylation sites is 1. The summed E-state index contributed by atoms with van der Waals surface area (Å²) in [6, 6.07) is 22.0. The summed E-state index contributed by atoms with van der Waals surface area (Å²) in [5.41, 5.74) is 1.93. The van der Waals surface area contributed by atoms with E-state index in [1.807, 2.05) is 49.4 Å². The molecule has 2 aromatic heterocycles. The molecule has 0 aliphatic carbocycles. The second-order valence-corrected chi connectivity index (χ2v) is 7.53. The molecule has 0 spiro atoms. The molecule has 0 bridgehead atoms. The van der Waals surface area contributed by atoms with Gasteiger partial charge in [-0.15, -0.1) is 0 Å². The number of nitrogens with zero attached hydrogens (tertiary/aromatic N) is 3. The van der Waals surface area contributed by atoms with Crippen LogP contribution in [-0.4, -0.2) is 21.3 Å². The van der Waals surface area contributed by atoms with E-state index in [4.69, 9.17) is 20.9 Å². The average molecular weight is 444 g/mol. The fourth-order valence-electron chi connectivity index (χ4n) is 3.63. The first-order valence-electron chi connectivity index (χ1n) is 10.1. The van der Waals surface area contributed by atoms with Gasteiger partial charge in [0.25, 0.3) is 11.4 Å². The van der Waals surface area contributed by atoms with Crippen LogP contribution in [0.25, 0.3) is 39.3 Å². The zero-order valence-corrected chi connectivity index (χ0v) is 17.9. The summed E-state index contributed by atoms with van der Waals surface area (Å²) in [7, 11) is 0. The van der Waals surface area contributed by atoms with Gasteiger partial charge in [0.05, 0.1) is 17.7 Å². The first-order chi connectivity index (χ1) is 15.7. The van der Waals surface area contributed by atoms with Crippen molar-refractivity contribution in [1.82, 2.24) is 14.7 Å². The smallest absolute Gasteiger partial charge is 0.262 e. The highest BCUT2D eigenvalue weighted by atomic mass is 35.5. The van der Waals surface area contributed by atoms with Crippen molar-refractivity contribution in [2.24, 2.45) is 0 Å². The van der Waals surface area contributed by atoms with Crippen LogP contribution in [-0.2, 0) is 0 Å². The number of aromatic nitrogens is 3. The molecule has 0 atom stereocenters. The summed E-state index contributed by atoms with van der Waals surface area (Å²) < 4.78 is 12.9. The number of ether oxygens (including phenoxy) is 1.